The Morgan fingerprint density at radius 1 is 1.50 bits per heavy atom. The molecule has 0 saturated heterocycles. The van der Waals surface area contributed by atoms with Crippen LogP contribution in [0.25, 0.3) is 0 Å². The topological polar surface area (TPSA) is 0 Å². The zero-order valence-corrected chi connectivity index (χ0v) is 6.51. The first-order valence-electron chi connectivity index (χ1n) is 3.94. The summed E-state index contributed by atoms with van der Waals surface area (Å²) in [6.45, 7) is 2.16. The van der Waals surface area contributed by atoms with Crippen LogP contribution in [0.1, 0.15) is 26.2 Å². The van der Waals surface area contributed by atoms with Crippen LogP contribution in [-0.4, -0.2) is 0 Å². The van der Waals surface area contributed by atoms with Gasteiger partial charge in [0.2, 0.25) is 0 Å². The van der Waals surface area contributed by atoms with E-state index < -0.39 is 0 Å². The smallest absolute Gasteiger partial charge is 0.0101 e. The molecule has 0 amide bonds. The Kier molecular flexibility index (Phi) is 3.01. The standard InChI is InChI=1S/C10H14/c1-2-3-4-7-10-8-5-6-9-10/h3-5,8-9H,2,6-7H2,1H3/b4-3-. The molecule has 0 aromatic carbocycles. The molecule has 1 aliphatic carbocycles. The molecule has 1 aliphatic rings. The maximum absolute atomic E-state index is 2.28. The van der Waals surface area contributed by atoms with Gasteiger partial charge in [0.05, 0.1) is 0 Å². The minimum Gasteiger partial charge on any atom is -0.0885 e. The third-order valence-electron chi connectivity index (χ3n) is 1.60. The van der Waals surface area contributed by atoms with Crippen molar-refractivity contribution in [3.8, 4) is 0 Å². The van der Waals surface area contributed by atoms with Crippen LogP contribution >= 0.6 is 0 Å². The Morgan fingerprint density at radius 3 is 3.00 bits per heavy atom. The van der Waals surface area contributed by atoms with E-state index in [0.29, 0.717) is 0 Å². The second-order valence-corrected chi connectivity index (χ2v) is 2.50. The zero-order chi connectivity index (χ0) is 7.23. The van der Waals surface area contributed by atoms with E-state index in [1.807, 2.05) is 0 Å². The lowest BCUT2D eigenvalue weighted by molar-refractivity contribution is 1.18. The molecule has 10 heavy (non-hydrogen) atoms. The van der Waals surface area contributed by atoms with E-state index in [0.717, 1.165) is 19.3 Å². The highest BCUT2D eigenvalue weighted by Gasteiger charge is 1.92. The number of hydrogen-bond donors (Lipinski definition) is 0. The lowest BCUT2D eigenvalue weighted by Gasteiger charge is -1.89. The second-order valence-electron chi connectivity index (χ2n) is 2.50. The monoisotopic (exact) mass is 134 g/mol. The molecule has 0 atom stereocenters. The molecule has 0 saturated carbocycles. The lowest BCUT2D eigenvalue weighted by atomic mass is 10.2. The molecule has 0 aliphatic heterocycles. The van der Waals surface area contributed by atoms with Gasteiger partial charge in [-0.05, 0) is 24.8 Å². The highest BCUT2D eigenvalue weighted by Crippen LogP contribution is 2.12. The minimum absolute atomic E-state index is 1.12. The highest BCUT2D eigenvalue weighted by atomic mass is 14.0. The van der Waals surface area contributed by atoms with Gasteiger partial charge in [-0.15, -0.1) is 0 Å². The normalized spacial score (nSPS) is 16.7. The molecule has 0 unspecified atom stereocenters. The van der Waals surface area contributed by atoms with Crippen LogP contribution in [0.15, 0.2) is 36.0 Å². The first-order valence-corrected chi connectivity index (χ1v) is 3.94. The Labute approximate surface area is 62.9 Å². The van der Waals surface area contributed by atoms with Gasteiger partial charge in [-0.25, -0.2) is 0 Å². The van der Waals surface area contributed by atoms with Crippen LogP contribution < -0.4 is 0 Å². The summed E-state index contributed by atoms with van der Waals surface area (Å²) in [5.74, 6) is 0. The van der Waals surface area contributed by atoms with Gasteiger partial charge >= 0.3 is 0 Å². The van der Waals surface area contributed by atoms with Gasteiger partial charge in [0.15, 0.2) is 0 Å². The van der Waals surface area contributed by atoms with E-state index in [2.05, 4.69) is 37.3 Å². The Bertz CT molecular complexity index is 170. The van der Waals surface area contributed by atoms with Crippen LogP contribution in [-0.2, 0) is 0 Å². The average molecular weight is 134 g/mol. The van der Waals surface area contributed by atoms with Crippen molar-refractivity contribution in [1.29, 1.82) is 0 Å². The van der Waals surface area contributed by atoms with Crippen LogP contribution in [0.4, 0.5) is 0 Å². The molecular weight excluding hydrogens is 120 g/mol. The molecule has 0 radical (unpaired) electrons. The fraction of sp³-hybridized carbons (Fsp3) is 0.400. The number of rotatable bonds is 3. The van der Waals surface area contributed by atoms with Crippen molar-refractivity contribution >= 4 is 0 Å². The maximum atomic E-state index is 2.28. The molecule has 1 rings (SSSR count). The van der Waals surface area contributed by atoms with Crippen molar-refractivity contribution < 1.29 is 0 Å². The molecule has 0 heterocycles. The molecular formula is C10H14. The summed E-state index contributed by atoms with van der Waals surface area (Å²) < 4.78 is 0. The summed E-state index contributed by atoms with van der Waals surface area (Å²) in [6.07, 6.45) is 14.5. The van der Waals surface area contributed by atoms with Crippen molar-refractivity contribution in [2.24, 2.45) is 0 Å². The van der Waals surface area contributed by atoms with E-state index in [1.165, 1.54) is 5.57 Å². The van der Waals surface area contributed by atoms with Crippen LogP contribution in [0, 0.1) is 0 Å². The van der Waals surface area contributed by atoms with Gasteiger partial charge in [-0.1, -0.05) is 37.3 Å². The molecule has 0 spiro atoms. The Morgan fingerprint density at radius 2 is 2.40 bits per heavy atom. The van der Waals surface area contributed by atoms with Gasteiger partial charge in [-0.3, -0.25) is 0 Å². The zero-order valence-electron chi connectivity index (χ0n) is 6.51. The Balaban J connectivity index is 2.25. The third-order valence-corrected chi connectivity index (χ3v) is 1.60. The van der Waals surface area contributed by atoms with E-state index in [1.54, 1.807) is 0 Å². The Hall–Kier alpha value is -0.780. The molecule has 0 N–H and O–H groups in total. The van der Waals surface area contributed by atoms with E-state index in [9.17, 15) is 0 Å². The molecule has 0 nitrogen and oxygen atoms in total. The number of hydrogen-bond acceptors (Lipinski definition) is 0. The van der Waals surface area contributed by atoms with Crippen LogP contribution in [0.5, 0.6) is 0 Å². The highest BCUT2D eigenvalue weighted by molar-refractivity contribution is 5.27. The summed E-state index contributed by atoms with van der Waals surface area (Å²) in [6, 6.07) is 0. The summed E-state index contributed by atoms with van der Waals surface area (Å²) >= 11 is 0. The van der Waals surface area contributed by atoms with Gasteiger partial charge in [0, 0.05) is 0 Å². The first kappa shape index (κ1) is 7.33. The third kappa shape index (κ3) is 2.22. The van der Waals surface area contributed by atoms with Crippen molar-refractivity contribution in [2.75, 3.05) is 0 Å². The summed E-state index contributed by atoms with van der Waals surface area (Å²) in [7, 11) is 0. The lowest BCUT2D eigenvalue weighted by Crippen LogP contribution is -1.69. The van der Waals surface area contributed by atoms with Gasteiger partial charge < -0.3 is 0 Å². The van der Waals surface area contributed by atoms with E-state index in [-0.39, 0.29) is 0 Å². The largest absolute Gasteiger partial charge is 0.0885 e. The summed E-state index contributed by atoms with van der Waals surface area (Å²) in [5.41, 5.74) is 1.46. The molecule has 0 heteroatoms. The quantitative estimate of drug-likeness (QED) is 0.520. The van der Waals surface area contributed by atoms with Crippen molar-refractivity contribution in [3.63, 3.8) is 0 Å². The maximum Gasteiger partial charge on any atom is -0.0101 e. The summed E-state index contributed by atoms with van der Waals surface area (Å²) in [4.78, 5) is 0. The van der Waals surface area contributed by atoms with Crippen molar-refractivity contribution in [2.45, 2.75) is 26.2 Å². The van der Waals surface area contributed by atoms with Gasteiger partial charge in [0.1, 0.15) is 0 Å². The van der Waals surface area contributed by atoms with Gasteiger partial charge in [-0.2, -0.15) is 0 Å². The predicted molar refractivity (Wildman–Crippen MR) is 45.9 cm³/mol. The fourth-order valence-corrected chi connectivity index (χ4v) is 1.04. The number of allylic oxidation sites excluding steroid dienone is 6. The fourth-order valence-electron chi connectivity index (χ4n) is 1.04. The van der Waals surface area contributed by atoms with Crippen molar-refractivity contribution in [3.05, 3.63) is 36.0 Å². The minimum atomic E-state index is 1.12. The molecule has 0 bridgehead atoms. The first-order chi connectivity index (χ1) is 4.93. The van der Waals surface area contributed by atoms with Crippen LogP contribution in [0.3, 0.4) is 0 Å². The molecule has 54 valence electrons. The molecule has 0 fully saturated rings. The van der Waals surface area contributed by atoms with Crippen LogP contribution in [0.2, 0.25) is 0 Å². The van der Waals surface area contributed by atoms with E-state index >= 15 is 0 Å². The predicted octanol–water partition coefficient (Wildman–Crippen LogP) is 3.23. The van der Waals surface area contributed by atoms with Gasteiger partial charge in [0.25, 0.3) is 0 Å². The SMILES string of the molecule is CC/C=C\CC1=CCC=C1. The van der Waals surface area contributed by atoms with Crippen molar-refractivity contribution in [1.82, 2.24) is 0 Å². The second kappa shape index (κ2) is 4.10. The molecule has 0 aromatic heterocycles. The average Bonchev–Trinajstić information content (AvgIpc) is 2.41. The summed E-state index contributed by atoms with van der Waals surface area (Å²) in [5, 5.41) is 0. The molecule has 0 aromatic rings. The van der Waals surface area contributed by atoms with E-state index in [4.69, 9.17) is 0 Å².